The zero-order valence-corrected chi connectivity index (χ0v) is 12.0. The quantitative estimate of drug-likeness (QED) is 0.315. The Kier molecular flexibility index (Phi) is 4.46. The van der Waals surface area contributed by atoms with Crippen LogP contribution in [0.1, 0.15) is 0 Å². The summed E-state index contributed by atoms with van der Waals surface area (Å²) in [6.45, 7) is 0. The molecule has 0 aliphatic rings. The van der Waals surface area contributed by atoms with Crippen LogP contribution in [0.25, 0.3) is 0 Å². The molecule has 0 aliphatic heterocycles. The predicted octanol–water partition coefficient (Wildman–Crippen LogP) is 2.42. The minimum atomic E-state index is -5.15. The van der Waals surface area contributed by atoms with Crippen molar-refractivity contribution in [2.45, 2.75) is 11.4 Å². The molecule has 0 N–H and O–H groups in total. The summed E-state index contributed by atoms with van der Waals surface area (Å²) in [5, 5.41) is 9.39. The number of nitrogens with zero attached hydrogens (tertiary/aromatic N) is 2. The molecule has 1 aromatic heterocycles. The molecule has 0 saturated carbocycles. The van der Waals surface area contributed by atoms with Gasteiger partial charge in [0, 0.05) is 10.7 Å². The third kappa shape index (κ3) is 4.31. The fourth-order valence-corrected chi connectivity index (χ4v) is 3.42. The number of aromatic nitrogens is 1. The van der Waals surface area contributed by atoms with Gasteiger partial charge in [-0.2, -0.15) is 0 Å². The number of nitro groups is 1. The van der Waals surface area contributed by atoms with Gasteiger partial charge in [0.05, 0.1) is 6.07 Å². The number of hydrogen-bond acceptors (Lipinski definition) is 6. The highest BCUT2D eigenvalue weighted by Crippen LogP contribution is 2.34. The molecule has 19 heavy (non-hydrogen) atoms. The summed E-state index contributed by atoms with van der Waals surface area (Å²) in [4.78, 5) is 12.4. The van der Waals surface area contributed by atoms with Crippen LogP contribution in [-0.2, 0) is 9.05 Å². The van der Waals surface area contributed by atoms with E-state index in [0.29, 0.717) is 6.07 Å². The molecule has 1 rings (SSSR count). The molecule has 0 fully saturated rings. The first-order chi connectivity index (χ1) is 8.42. The number of hydrogen-bond donors (Lipinski definition) is 0. The van der Waals surface area contributed by atoms with Gasteiger partial charge in [-0.05, 0) is 32.5 Å². The molecule has 0 aromatic carbocycles. The highest BCUT2D eigenvalue weighted by atomic mass is 127. The number of halogens is 5. The van der Waals surface area contributed by atoms with Crippen molar-refractivity contribution in [2.24, 2.45) is 0 Å². The molecular formula is C6HClF3IN2O5S. The molecule has 0 atom stereocenters. The topological polar surface area (TPSA) is 99.4 Å². The monoisotopic (exact) mass is 432 g/mol. The van der Waals surface area contributed by atoms with Gasteiger partial charge < -0.3 is 14.9 Å². The SMILES string of the molecule is O=[N+]([O-])c1cc(OC(F)(F)F)c(I)c(S(=O)(=O)Cl)n1. The first-order valence-electron chi connectivity index (χ1n) is 3.97. The molecule has 0 radical (unpaired) electrons. The summed E-state index contributed by atoms with van der Waals surface area (Å²) in [5.41, 5.74) is 0. The van der Waals surface area contributed by atoms with E-state index in [1.165, 1.54) is 22.6 Å². The molecule has 0 saturated heterocycles. The van der Waals surface area contributed by atoms with Crippen LogP contribution in [0.3, 0.4) is 0 Å². The van der Waals surface area contributed by atoms with Crippen LogP contribution >= 0.6 is 33.3 Å². The van der Waals surface area contributed by atoms with Crippen molar-refractivity contribution in [2.75, 3.05) is 0 Å². The van der Waals surface area contributed by atoms with E-state index < -0.39 is 40.5 Å². The van der Waals surface area contributed by atoms with Crippen molar-refractivity contribution in [3.05, 3.63) is 19.8 Å². The molecule has 1 heterocycles. The van der Waals surface area contributed by atoms with Crippen molar-refractivity contribution >= 4 is 48.1 Å². The third-order valence-electron chi connectivity index (χ3n) is 1.52. The van der Waals surface area contributed by atoms with E-state index in [0.717, 1.165) is 0 Å². The van der Waals surface area contributed by atoms with Crippen molar-refractivity contribution in [1.82, 2.24) is 4.98 Å². The second-order valence-electron chi connectivity index (χ2n) is 2.84. The highest BCUT2D eigenvalue weighted by Gasteiger charge is 2.36. The second kappa shape index (κ2) is 5.24. The zero-order chi connectivity index (χ0) is 15.0. The number of ether oxygens (including phenoxy) is 1. The molecular weight excluding hydrogens is 431 g/mol. The average molecular weight is 433 g/mol. The molecule has 0 unspecified atom stereocenters. The van der Waals surface area contributed by atoms with Crippen LogP contribution in [0, 0.1) is 13.7 Å². The number of alkyl halides is 3. The minimum Gasteiger partial charge on any atom is -0.404 e. The van der Waals surface area contributed by atoms with Crippen LogP contribution in [0.15, 0.2) is 11.1 Å². The molecule has 0 amide bonds. The van der Waals surface area contributed by atoms with E-state index in [-0.39, 0.29) is 0 Å². The number of pyridine rings is 1. The predicted molar refractivity (Wildman–Crippen MR) is 63.3 cm³/mol. The fraction of sp³-hybridized carbons (Fsp3) is 0.167. The molecule has 106 valence electrons. The largest absolute Gasteiger partial charge is 0.573 e. The normalized spacial score (nSPS) is 12.3. The Bertz CT molecular complexity index is 634. The smallest absolute Gasteiger partial charge is 0.404 e. The van der Waals surface area contributed by atoms with Crippen molar-refractivity contribution in [1.29, 1.82) is 0 Å². The third-order valence-corrected chi connectivity index (χ3v) is 4.13. The van der Waals surface area contributed by atoms with Crippen LogP contribution in [0.5, 0.6) is 5.75 Å². The summed E-state index contributed by atoms with van der Waals surface area (Å²) in [7, 11) is 0.363. The Morgan fingerprint density at radius 1 is 1.47 bits per heavy atom. The van der Waals surface area contributed by atoms with E-state index >= 15 is 0 Å². The molecule has 0 aliphatic carbocycles. The van der Waals surface area contributed by atoms with E-state index in [1.807, 2.05) is 0 Å². The molecule has 0 spiro atoms. The van der Waals surface area contributed by atoms with Gasteiger partial charge in [0.2, 0.25) is 0 Å². The maximum atomic E-state index is 12.1. The number of rotatable bonds is 3. The Morgan fingerprint density at radius 2 is 2.00 bits per heavy atom. The molecule has 0 bridgehead atoms. The van der Waals surface area contributed by atoms with Gasteiger partial charge in [0.15, 0.2) is 5.75 Å². The van der Waals surface area contributed by atoms with Gasteiger partial charge in [-0.15, -0.1) is 13.2 Å². The minimum absolute atomic E-state index is 0.348. The van der Waals surface area contributed by atoms with Crippen molar-refractivity contribution < 1.29 is 31.2 Å². The van der Waals surface area contributed by atoms with Gasteiger partial charge in [-0.25, -0.2) is 8.42 Å². The van der Waals surface area contributed by atoms with Crippen LogP contribution in [-0.4, -0.2) is 24.7 Å². The lowest BCUT2D eigenvalue weighted by atomic mass is 10.4. The van der Waals surface area contributed by atoms with Gasteiger partial charge in [-0.3, -0.25) is 0 Å². The Morgan fingerprint density at radius 3 is 2.37 bits per heavy atom. The average Bonchev–Trinajstić information content (AvgIpc) is 2.16. The maximum absolute atomic E-state index is 12.1. The van der Waals surface area contributed by atoms with Gasteiger partial charge in [-0.1, -0.05) is 0 Å². The van der Waals surface area contributed by atoms with Gasteiger partial charge in [0.25, 0.3) is 5.03 Å². The summed E-state index contributed by atoms with van der Waals surface area (Å²) in [6.07, 6.45) is -5.15. The summed E-state index contributed by atoms with van der Waals surface area (Å²) < 4.78 is 61.3. The Balaban J connectivity index is 3.55. The van der Waals surface area contributed by atoms with Crippen molar-refractivity contribution in [3.8, 4) is 5.75 Å². The lowest BCUT2D eigenvalue weighted by Crippen LogP contribution is -2.19. The molecule has 13 heteroatoms. The first-order valence-corrected chi connectivity index (χ1v) is 7.36. The van der Waals surface area contributed by atoms with Crippen LogP contribution in [0.2, 0.25) is 0 Å². The molecule has 7 nitrogen and oxygen atoms in total. The van der Waals surface area contributed by atoms with E-state index in [1.54, 1.807) is 0 Å². The van der Waals surface area contributed by atoms with Crippen molar-refractivity contribution in [3.63, 3.8) is 0 Å². The molecule has 1 aromatic rings. The van der Waals surface area contributed by atoms with Crippen LogP contribution < -0.4 is 4.74 Å². The lowest BCUT2D eigenvalue weighted by Gasteiger charge is -2.10. The Hall–Kier alpha value is -0.890. The summed E-state index contributed by atoms with van der Waals surface area (Å²) in [5.74, 6) is -2.21. The van der Waals surface area contributed by atoms with Gasteiger partial charge >= 0.3 is 21.2 Å². The Labute approximate surface area is 121 Å². The van der Waals surface area contributed by atoms with E-state index in [9.17, 15) is 31.7 Å². The second-order valence-corrected chi connectivity index (χ2v) is 6.40. The standard InChI is InChI=1S/C6HClF3IN2O5S/c7-19(16,17)5-4(11)2(18-6(8,9)10)1-3(12-5)13(14)15/h1H. The maximum Gasteiger partial charge on any atom is 0.573 e. The van der Waals surface area contributed by atoms with Gasteiger partial charge in [0.1, 0.15) is 3.57 Å². The lowest BCUT2D eigenvalue weighted by molar-refractivity contribution is -0.390. The highest BCUT2D eigenvalue weighted by molar-refractivity contribution is 14.1. The van der Waals surface area contributed by atoms with E-state index in [2.05, 4.69) is 9.72 Å². The van der Waals surface area contributed by atoms with Crippen LogP contribution in [0.4, 0.5) is 19.0 Å². The summed E-state index contributed by atoms with van der Waals surface area (Å²) in [6, 6.07) is 0.348. The summed E-state index contributed by atoms with van der Waals surface area (Å²) >= 11 is 1.17. The fourth-order valence-electron chi connectivity index (χ4n) is 0.925. The zero-order valence-electron chi connectivity index (χ0n) is 8.31. The van der Waals surface area contributed by atoms with E-state index in [4.69, 9.17) is 10.7 Å². The first kappa shape index (κ1) is 16.2.